The number of halogens is 2. The SMILES string of the molecule is CCOC(=O)C1=C(C)NC(=S)N[C@@H]1c1ccccc1OCC(=O)NN=Cc1cc(I)c(OCc2ccccc2C#N)c(I)c1. The predicted molar refractivity (Wildman–Crippen MR) is 186 cm³/mol. The lowest BCUT2D eigenvalue weighted by molar-refractivity contribution is -0.139. The number of nitrogens with zero attached hydrogens (tertiary/aromatic N) is 2. The van der Waals surface area contributed by atoms with Crippen molar-refractivity contribution in [1.82, 2.24) is 16.1 Å². The smallest absolute Gasteiger partial charge is 0.338 e. The van der Waals surface area contributed by atoms with Crippen molar-refractivity contribution < 1.29 is 23.8 Å². The van der Waals surface area contributed by atoms with Gasteiger partial charge in [0, 0.05) is 16.8 Å². The zero-order chi connectivity index (χ0) is 31.6. The van der Waals surface area contributed by atoms with Crippen LogP contribution in [0.3, 0.4) is 0 Å². The summed E-state index contributed by atoms with van der Waals surface area (Å²) in [6.07, 6.45) is 1.53. The summed E-state index contributed by atoms with van der Waals surface area (Å²) in [5.74, 6) is 0.156. The summed E-state index contributed by atoms with van der Waals surface area (Å²) in [7, 11) is 0. The van der Waals surface area contributed by atoms with Gasteiger partial charge in [-0.1, -0.05) is 36.4 Å². The van der Waals surface area contributed by atoms with Gasteiger partial charge in [-0.15, -0.1) is 0 Å². The van der Waals surface area contributed by atoms with Gasteiger partial charge in [0.1, 0.15) is 18.1 Å². The number of amides is 1. The number of nitrogens with one attached hydrogen (secondary N) is 3. The van der Waals surface area contributed by atoms with Crippen LogP contribution in [0.25, 0.3) is 0 Å². The van der Waals surface area contributed by atoms with Gasteiger partial charge in [-0.3, -0.25) is 4.79 Å². The average Bonchev–Trinajstić information content (AvgIpc) is 2.99. The minimum atomic E-state index is -0.627. The number of benzene rings is 3. The Bertz CT molecular complexity index is 1660. The number of carbonyl (C=O) groups is 2. The second-order valence-corrected chi connectivity index (χ2v) is 12.0. The van der Waals surface area contributed by atoms with E-state index < -0.39 is 17.9 Å². The van der Waals surface area contributed by atoms with Gasteiger partial charge in [0.05, 0.1) is 43.2 Å². The van der Waals surface area contributed by atoms with Crippen LogP contribution < -0.4 is 25.5 Å². The second kappa shape index (κ2) is 15.8. The average molecular weight is 835 g/mol. The Hall–Kier alpha value is -3.75. The van der Waals surface area contributed by atoms with Gasteiger partial charge in [0.2, 0.25) is 0 Å². The molecule has 3 aromatic carbocycles. The second-order valence-electron chi connectivity index (χ2n) is 9.28. The monoisotopic (exact) mass is 835 g/mol. The van der Waals surface area contributed by atoms with Gasteiger partial charge in [-0.05, 0) is 101 Å². The number of hydrazone groups is 1. The number of para-hydroxylation sites is 1. The van der Waals surface area contributed by atoms with Crippen molar-refractivity contribution in [1.29, 1.82) is 5.26 Å². The number of rotatable bonds is 11. The van der Waals surface area contributed by atoms with Crippen molar-refractivity contribution in [2.75, 3.05) is 13.2 Å². The van der Waals surface area contributed by atoms with Crippen molar-refractivity contribution in [3.8, 4) is 17.6 Å². The van der Waals surface area contributed by atoms with Crippen molar-refractivity contribution in [3.63, 3.8) is 0 Å². The summed E-state index contributed by atoms with van der Waals surface area (Å²) in [5.41, 5.74) is 6.19. The molecule has 4 rings (SSSR count). The first kappa shape index (κ1) is 33.1. The normalized spacial score (nSPS) is 14.3. The number of hydrogen-bond acceptors (Lipinski definition) is 8. The minimum absolute atomic E-state index is 0.222. The standard InChI is InChI=1S/C31H27I2N5O5S/c1-3-41-30(40)27-18(2)36-31(44)37-28(27)22-10-6-7-11-25(22)42-17-26(39)38-35-15-19-12-23(32)29(24(33)13-19)43-16-21-9-5-4-8-20(21)14-34/h4-13,15,28H,3,16-17H2,1-2H3,(H,38,39)(H2,36,37,44)/t28-/m1/s1. The number of allylic oxidation sites excluding steroid dienone is 1. The highest BCUT2D eigenvalue weighted by Gasteiger charge is 2.32. The molecule has 10 nitrogen and oxygen atoms in total. The molecule has 1 aliphatic rings. The number of nitriles is 1. The molecular formula is C31H27I2N5O5S. The van der Waals surface area contributed by atoms with Crippen molar-refractivity contribution in [2.24, 2.45) is 5.10 Å². The summed E-state index contributed by atoms with van der Waals surface area (Å²) in [6, 6.07) is 19.7. The Kier molecular flexibility index (Phi) is 11.9. The summed E-state index contributed by atoms with van der Waals surface area (Å²) in [4.78, 5) is 25.3. The molecule has 0 aromatic heterocycles. The van der Waals surface area contributed by atoms with Crippen LogP contribution in [0.4, 0.5) is 0 Å². The van der Waals surface area contributed by atoms with E-state index in [0.29, 0.717) is 39.0 Å². The molecule has 44 heavy (non-hydrogen) atoms. The molecular weight excluding hydrogens is 808 g/mol. The van der Waals surface area contributed by atoms with E-state index >= 15 is 0 Å². The molecule has 226 valence electrons. The Labute approximate surface area is 287 Å². The Morgan fingerprint density at radius 1 is 1.11 bits per heavy atom. The highest BCUT2D eigenvalue weighted by atomic mass is 127. The van der Waals surface area contributed by atoms with Crippen molar-refractivity contribution in [2.45, 2.75) is 26.5 Å². The quantitative estimate of drug-likeness (QED) is 0.0781. The molecule has 0 aliphatic carbocycles. The molecule has 3 N–H and O–H groups in total. The van der Waals surface area contributed by atoms with E-state index in [4.69, 9.17) is 26.4 Å². The fraction of sp³-hybridized carbons (Fsp3) is 0.194. The van der Waals surface area contributed by atoms with Crippen LogP contribution >= 0.6 is 57.4 Å². The summed E-state index contributed by atoms with van der Waals surface area (Å²) >= 11 is 9.68. The van der Waals surface area contributed by atoms with E-state index in [-0.39, 0.29) is 19.8 Å². The number of thiocarbonyl (C=S) groups is 1. The molecule has 0 radical (unpaired) electrons. The number of hydrogen-bond donors (Lipinski definition) is 3. The van der Waals surface area contributed by atoms with Gasteiger partial charge in [0.25, 0.3) is 5.91 Å². The maximum atomic E-state index is 12.7. The first-order valence-electron chi connectivity index (χ1n) is 13.3. The third-order valence-corrected chi connectivity index (χ3v) is 8.11. The highest BCUT2D eigenvalue weighted by Crippen LogP contribution is 2.34. The molecule has 0 saturated carbocycles. The fourth-order valence-corrected chi connectivity index (χ4v) is 6.71. The van der Waals surface area contributed by atoms with E-state index in [1.54, 1.807) is 38.1 Å². The first-order valence-corrected chi connectivity index (χ1v) is 15.9. The van der Waals surface area contributed by atoms with E-state index in [1.165, 1.54) is 6.21 Å². The van der Waals surface area contributed by atoms with Crippen LogP contribution in [-0.2, 0) is 20.9 Å². The maximum absolute atomic E-state index is 12.7. The lowest BCUT2D eigenvalue weighted by Gasteiger charge is -2.30. The van der Waals surface area contributed by atoms with Crippen LogP contribution in [0.2, 0.25) is 0 Å². The largest absolute Gasteiger partial charge is 0.487 e. The molecule has 1 aliphatic heterocycles. The Balaban J connectivity index is 1.38. The first-order chi connectivity index (χ1) is 21.2. The van der Waals surface area contributed by atoms with Gasteiger partial charge in [-0.25, -0.2) is 10.2 Å². The number of carbonyl (C=O) groups excluding carboxylic acids is 2. The summed E-state index contributed by atoms with van der Waals surface area (Å²) < 4.78 is 18.8. The van der Waals surface area contributed by atoms with E-state index in [9.17, 15) is 14.9 Å². The summed E-state index contributed by atoms with van der Waals surface area (Å²) in [6.45, 7) is 3.66. The van der Waals surface area contributed by atoms with Crippen LogP contribution in [-0.4, -0.2) is 36.4 Å². The molecule has 0 spiro atoms. The molecule has 0 fully saturated rings. The van der Waals surface area contributed by atoms with Crippen molar-refractivity contribution >= 4 is 80.6 Å². The maximum Gasteiger partial charge on any atom is 0.338 e. The molecule has 1 amide bonds. The van der Waals surface area contributed by atoms with E-state index in [2.05, 4.69) is 72.4 Å². The number of esters is 1. The van der Waals surface area contributed by atoms with Gasteiger partial charge in [0.15, 0.2) is 11.7 Å². The number of ether oxygens (including phenoxy) is 3. The van der Waals surface area contributed by atoms with E-state index in [0.717, 1.165) is 18.3 Å². The minimum Gasteiger partial charge on any atom is -0.487 e. The van der Waals surface area contributed by atoms with Crippen LogP contribution in [0, 0.1) is 18.5 Å². The molecule has 0 saturated heterocycles. The topological polar surface area (TPSA) is 134 Å². The molecule has 0 unspecified atom stereocenters. The third kappa shape index (κ3) is 8.45. The van der Waals surface area contributed by atoms with Gasteiger partial charge in [-0.2, -0.15) is 10.4 Å². The molecule has 3 aromatic rings. The van der Waals surface area contributed by atoms with Gasteiger partial charge < -0.3 is 24.8 Å². The Morgan fingerprint density at radius 2 is 1.82 bits per heavy atom. The molecule has 1 heterocycles. The predicted octanol–water partition coefficient (Wildman–Crippen LogP) is 5.23. The van der Waals surface area contributed by atoms with E-state index in [1.807, 2.05) is 36.4 Å². The third-order valence-electron chi connectivity index (χ3n) is 6.29. The Morgan fingerprint density at radius 3 is 2.55 bits per heavy atom. The van der Waals surface area contributed by atoms with Crippen molar-refractivity contribution in [3.05, 3.63) is 101 Å². The van der Waals surface area contributed by atoms with Crippen LogP contribution in [0.1, 0.15) is 42.1 Å². The lowest BCUT2D eigenvalue weighted by atomic mass is 9.95. The molecule has 0 bridgehead atoms. The van der Waals surface area contributed by atoms with Crippen LogP contribution in [0.5, 0.6) is 11.5 Å². The zero-order valence-electron chi connectivity index (χ0n) is 23.6. The fourth-order valence-electron chi connectivity index (χ4n) is 4.31. The van der Waals surface area contributed by atoms with Crippen LogP contribution in [0.15, 0.2) is 77.0 Å². The van der Waals surface area contributed by atoms with Gasteiger partial charge >= 0.3 is 5.97 Å². The molecule has 1 atom stereocenters. The zero-order valence-corrected chi connectivity index (χ0v) is 28.8. The highest BCUT2D eigenvalue weighted by molar-refractivity contribution is 14.1. The lowest BCUT2D eigenvalue weighted by Crippen LogP contribution is -2.45. The summed E-state index contributed by atoms with van der Waals surface area (Å²) in [5, 5.41) is 19.8. The molecule has 13 heteroatoms.